The highest BCUT2D eigenvalue weighted by Gasteiger charge is 2.52. The van der Waals surface area contributed by atoms with Crippen LogP contribution in [-0.2, 0) is 0 Å². The van der Waals surface area contributed by atoms with Crippen molar-refractivity contribution in [2.24, 2.45) is 34.1 Å². The Hall–Kier alpha value is -0.330. The van der Waals surface area contributed by atoms with Crippen LogP contribution in [0.25, 0.3) is 0 Å². The zero-order valence-electron chi connectivity index (χ0n) is 15.8. The Kier molecular flexibility index (Phi) is 6.53. The van der Waals surface area contributed by atoms with E-state index in [1.807, 2.05) is 7.05 Å². The van der Waals surface area contributed by atoms with Crippen LogP contribution in [0.2, 0.25) is 0 Å². The first-order valence-corrected chi connectivity index (χ1v) is 9.95. The minimum absolute atomic E-state index is 0.565. The van der Waals surface area contributed by atoms with E-state index in [0.29, 0.717) is 5.41 Å². The molecule has 2 rings (SSSR count). The van der Waals surface area contributed by atoms with E-state index in [2.05, 4.69) is 32.7 Å². The summed E-state index contributed by atoms with van der Waals surface area (Å²) in [6, 6.07) is 0. The highest BCUT2D eigenvalue weighted by Crippen LogP contribution is 2.58. The molecule has 5 atom stereocenters. The molecule has 0 aromatic carbocycles. The van der Waals surface area contributed by atoms with E-state index in [1.54, 1.807) is 0 Å². The molecular formula is C21H39N. The van der Waals surface area contributed by atoms with Crippen molar-refractivity contribution in [1.82, 2.24) is 0 Å². The second-order valence-electron chi connectivity index (χ2n) is 8.74. The first kappa shape index (κ1) is 18.0. The van der Waals surface area contributed by atoms with Crippen molar-refractivity contribution in [1.29, 1.82) is 0 Å². The van der Waals surface area contributed by atoms with E-state index in [1.165, 1.54) is 63.5 Å². The van der Waals surface area contributed by atoms with Crippen LogP contribution in [0, 0.1) is 29.1 Å². The van der Waals surface area contributed by atoms with Crippen LogP contribution >= 0.6 is 0 Å². The Labute approximate surface area is 139 Å². The molecule has 0 saturated heterocycles. The highest BCUT2D eigenvalue weighted by molar-refractivity contribution is 5.89. The lowest BCUT2D eigenvalue weighted by molar-refractivity contribution is 0.246. The number of hydrogen-bond acceptors (Lipinski definition) is 1. The third kappa shape index (κ3) is 4.59. The predicted octanol–water partition coefficient (Wildman–Crippen LogP) is 6.52. The Bertz CT molecular complexity index is 372. The number of aliphatic imine (C=N–C) groups is 1. The lowest BCUT2D eigenvalue weighted by Crippen LogP contribution is -2.18. The van der Waals surface area contributed by atoms with Crippen LogP contribution in [0.5, 0.6) is 0 Å². The van der Waals surface area contributed by atoms with Gasteiger partial charge in [0.1, 0.15) is 0 Å². The Morgan fingerprint density at radius 1 is 1.14 bits per heavy atom. The first-order chi connectivity index (χ1) is 10.5. The van der Waals surface area contributed by atoms with Gasteiger partial charge in [0.05, 0.1) is 0 Å². The van der Waals surface area contributed by atoms with Gasteiger partial charge in [-0.25, -0.2) is 0 Å². The van der Waals surface area contributed by atoms with Gasteiger partial charge >= 0.3 is 0 Å². The summed E-state index contributed by atoms with van der Waals surface area (Å²) in [6.07, 6.45) is 14.3. The second kappa shape index (κ2) is 7.97. The van der Waals surface area contributed by atoms with Crippen LogP contribution in [-0.4, -0.2) is 12.8 Å². The molecule has 0 heterocycles. The van der Waals surface area contributed by atoms with Crippen LogP contribution in [0.4, 0.5) is 0 Å². The summed E-state index contributed by atoms with van der Waals surface area (Å²) in [7, 11) is 1.99. The van der Waals surface area contributed by atoms with E-state index in [0.717, 1.165) is 30.1 Å². The molecule has 128 valence electrons. The fraction of sp³-hybridized carbons (Fsp3) is 0.952. The van der Waals surface area contributed by atoms with Crippen molar-refractivity contribution >= 4 is 5.71 Å². The maximum absolute atomic E-state index is 4.55. The summed E-state index contributed by atoms with van der Waals surface area (Å²) in [6.45, 7) is 9.79. The molecule has 1 heteroatoms. The van der Waals surface area contributed by atoms with E-state index < -0.39 is 0 Å². The van der Waals surface area contributed by atoms with Crippen molar-refractivity contribution in [2.45, 2.75) is 91.9 Å². The SMILES string of the molecule is CCC(=NC)C1CC1(C)CC(C)C1CCCCC(C)CCC1. The average molecular weight is 306 g/mol. The van der Waals surface area contributed by atoms with Gasteiger partial charge in [0.25, 0.3) is 0 Å². The van der Waals surface area contributed by atoms with Crippen molar-refractivity contribution in [3.63, 3.8) is 0 Å². The van der Waals surface area contributed by atoms with Gasteiger partial charge in [-0.15, -0.1) is 0 Å². The molecule has 0 aromatic rings. The monoisotopic (exact) mass is 305 g/mol. The van der Waals surface area contributed by atoms with Crippen molar-refractivity contribution < 1.29 is 0 Å². The molecule has 5 unspecified atom stereocenters. The van der Waals surface area contributed by atoms with E-state index >= 15 is 0 Å². The van der Waals surface area contributed by atoms with Gasteiger partial charge in [0.2, 0.25) is 0 Å². The summed E-state index contributed by atoms with van der Waals surface area (Å²) >= 11 is 0. The molecule has 2 aliphatic carbocycles. The van der Waals surface area contributed by atoms with Crippen molar-refractivity contribution in [3.8, 4) is 0 Å². The fourth-order valence-corrected chi connectivity index (χ4v) is 5.10. The summed E-state index contributed by atoms with van der Waals surface area (Å²) in [5.74, 6) is 3.64. The predicted molar refractivity (Wildman–Crippen MR) is 98.6 cm³/mol. The van der Waals surface area contributed by atoms with E-state index in [-0.39, 0.29) is 0 Å². The Balaban J connectivity index is 1.87. The van der Waals surface area contributed by atoms with Gasteiger partial charge in [-0.2, -0.15) is 0 Å². The molecule has 0 aromatic heterocycles. The van der Waals surface area contributed by atoms with Crippen LogP contribution < -0.4 is 0 Å². The molecule has 2 aliphatic rings. The van der Waals surface area contributed by atoms with E-state index in [4.69, 9.17) is 0 Å². The number of hydrogen-bond donors (Lipinski definition) is 0. The highest BCUT2D eigenvalue weighted by atomic mass is 14.7. The lowest BCUT2D eigenvalue weighted by Gasteiger charge is -2.27. The molecule has 0 N–H and O–H groups in total. The van der Waals surface area contributed by atoms with Crippen LogP contribution in [0.3, 0.4) is 0 Å². The lowest BCUT2D eigenvalue weighted by atomic mass is 9.79. The van der Waals surface area contributed by atoms with Gasteiger partial charge in [0.15, 0.2) is 0 Å². The normalized spacial score (nSPS) is 38.8. The molecule has 2 fully saturated rings. The molecule has 1 nitrogen and oxygen atoms in total. The second-order valence-corrected chi connectivity index (χ2v) is 8.74. The molecular weight excluding hydrogens is 266 g/mol. The third-order valence-corrected chi connectivity index (χ3v) is 6.79. The number of rotatable bonds is 5. The Morgan fingerprint density at radius 2 is 1.77 bits per heavy atom. The minimum atomic E-state index is 0.565. The summed E-state index contributed by atoms with van der Waals surface area (Å²) < 4.78 is 0. The standard InChI is InChI=1S/C21H39N/c1-6-20(22-5)19-15-21(19,4)14-17(3)18-12-8-7-10-16(2)11-9-13-18/h16-19H,6-15H2,1-5H3. The minimum Gasteiger partial charge on any atom is -0.297 e. The molecule has 22 heavy (non-hydrogen) atoms. The molecule has 0 aliphatic heterocycles. The molecule has 0 radical (unpaired) electrons. The van der Waals surface area contributed by atoms with Gasteiger partial charge in [0, 0.05) is 18.7 Å². The summed E-state index contributed by atoms with van der Waals surface area (Å²) in [4.78, 5) is 4.55. The smallest absolute Gasteiger partial charge is 0.0276 e. The zero-order chi connectivity index (χ0) is 16.2. The molecule has 2 saturated carbocycles. The van der Waals surface area contributed by atoms with Gasteiger partial charge in [-0.3, -0.25) is 4.99 Å². The van der Waals surface area contributed by atoms with Crippen molar-refractivity contribution in [2.75, 3.05) is 7.05 Å². The fourth-order valence-electron chi connectivity index (χ4n) is 5.10. The zero-order valence-corrected chi connectivity index (χ0v) is 15.8. The Morgan fingerprint density at radius 3 is 2.45 bits per heavy atom. The first-order valence-electron chi connectivity index (χ1n) is 9.95. The molecule has 0 bridgehead atoms. The van der Waals surface area contributed by atoms with Crippen LogP contribution in [0.1, 0.15) is 91.9 Å². The van der Waals surface area contributed by atoms with E-state index in [9.17, 15) is 0 Å². The summed E-state index contributed by atoms with van der Waals surface area (Å²) in [5.41, 5.74) is 2.04. The van der Waals surface area contributed by atoms with Gasteiger partial charge < -0.3 is 0 Å². The van der Waals surface area contributed by atoms with Crippen molar-refractivity contribution in [3.05, 3.63) is 0 Å². The third-order valence-electron chi connectivity index (χ3n) is 6.79. The topological polar surface area (TPSA) is 12.4 Å². The summed E-state index contributed by atoms with van der Waals surface area (Å²) in [5, 5.41) is 0. The average Bonchev–Trinajstić information content (AvgIpc) is 3.10. The molecule has 0 amide bonds. The van der Waals surface area contributed by atoms with Crippen LogP contribution in [0.15, 0.2) is 4.99 Å². The molecule has 0 spiro atoms. The maximum atomic E-state index is 4.55. The van der Waals surface area contributed by atoms with Gasteiger partial charge in [-0.05, 0) is 42.4 Å². The number of nitrogens with zero attached hydrogens (tertiary/aromatic N) is 1. The quantitative estimate of drug-likeness (QED) is 0.513. The maximum Gasteiger partial charge on any atom is 0.0276 e. The largest absolute Gasteiger partial charge is 0.297 e. The van der Waals surface area contributed by atoms with Gasteiger partial charge in [-0.1, -0.05) is 72.6 Å².